The first-order valence-corrected chi connectivity index (χ1v) is 7.45. The maximum atomic E-state index is 12.6. The van der Waals surface area contributed by atoms with E-state index in [9.17, 15) is 26.7 Å². The fourth-order valence-electron chi connectivity index (χ4n) is 1.53. The average Bonchev–Trinajstić information content (AvgIpc) is 2.30. The number of aliphatic carboxylic acids is 1. The van der Waals surface area contributed by atoms with E-state index >= 15 is 0 Å². The first-order valence-electron chi connectivity index (χ1n) is 6.40. The Hall–Kier alpha value is -0.530. The molecule has 0 saturated heterocycles. The number of hydrogen-bond donors (Lipinski definition) is 1. The Morgan fingerprint density at radius 1 is 1.15 bits per heavy atom. The van der Waals surface area contributed by atoms with Crippen LogP contribution in [-0.4, -0.2) is 34.2 Å². The molecule has 0 heterocycles. The highest BCUT2D eigenvalue weighted by atomic mass is 32.2. The molecule has 0 aliphatic heterocycles. The van der Waals surface area contributed by atoms with E-state index in [1.165, 1.54) is 11.8 Å². The Balaban J connectivity index is 3.80. The highest BCUT2D eigenvalue weighted by Crippen LogP contribution is 2.39. The quantitative estimate of drug-likeness (QED) is 0.467. The molecular weight excluding hydrogens is 303 g/mol. The van der Waals surface area contributed by atoms with Gasteiger partial charge in [-0.05, 0) is 25.0 Å². The molecule has 8 heteroatoms. The second kappa shape index (κ2) is 8.69. The lowest BCUT2D eigenvalue weighted by Gasteiger charge is -2.19. The zero-order chi connectivity index (χ0) is 15.8. The fraction of sp³-hybridized carbons (Fsp3) is 0.917. The first-order chi connectivity index (χ1) is 9.12. The lowest BCUT2D eigenvalue weighted by atomic mass is 10.1. The molecule has 0 fully saturated rings. The smallest absolute Gasteiger partial charge is 0.453 e. The van der Waals surface area contributed by atoms with Crippen molar-refractivity contribution < 1.29 is 31.9 Å². The van der Waals surface area contributed by atoms with E-state index in [-0.39, 0.29) is 12.8 Å². The molecule has 0 spiro atoms. The molecule has 0 aliphatic rings. The second-order valence-electron chi connectivity index (χ2n) is 4.50. The molecule has 2 nitrogen and oxygen atoms in total. The molecular formula is C12H19F5O2S. The number of carbonyl (C=O) groups is 1. The minimum absolute atomic E-state index is 0.224. The third-order valence-electron chi connectivity index (χ3n) is 2.70. The third kappa shape index (κ3) is 7.31. The summed E-state index contributed by atoms with van der Waals surface area (Å²) in [6.07, 6.45) is -5.01. The lowest BCUT2D eigenvalue weighted by Crippen LogP contribution is -2.36. The third-order valence-corrected chi connectivity index (χ3v) is 4.06. The number of thioether (sulfide) groups is 1. The van der Waals surface area contributed by atoms with Gasteiger partial charge in [-0.2, -0.15) is 22.0 Å². The van der Waals surface area contributed by atoms with Crippen LogP contribution >= 0.6 is 11.8 Å². The van der Waals surface area contributed by atoms with Gasteiger partial charge in [0.25, 0.3) is 0 Å². The topological polar surface area (TPSA) is 37.3 Å². The number of alkyl halides is 5. The summed E-state index contributed by atoms with van der Waals surface area (Å²) >= 11 is 1.21. The van der Waals surface area contributed by atoms with Crippen molar-refractivity contribution in [3.05, 3.63) is 0 Å². The number of rotatable bonds is 10. The summed E-state index contributed by atoms with van der Waals surface area (Å²) in [5.41, 5.74) is 0. The van der Waals surface area contributed by atoms with E-state index in [0.29, 0.717) is 18.6 Å². The lowest BCUT2D eigenvalue weighted by molar-refractivity contribution is -0.284. The molecule has 0 amide bonds. The van der Waals surface area contributed by atoms with Crippen LogP contribution in [0.2, 0.25) is 0 Å². The Morgan fingerprint density at radius 3 is 2.20 bits per heavy atom. The van der Waals surface area contributed by atoms with Crippen molar-refractivity contribution in [2.75, 3.05) is 5.75 Å². The Kier molecular flexibility index (Phi) is 8.46. The van der Waals surface area contributed by atoms with Gasteiger partial charge < -0.3 is 5.11 Å². The van der Waals surface area contributed by atoms with E-state index in [4.69, 9.17) is 5.11 Å². The molecule has 0 aliphatic carbocycles. The first kappa shape index (κ1) is 19.5. The summed E-state index contributed by atoms with van der Waals surface area (Å²) in [6.45, 7) is 1.86. The van der Waals surface area contributed by atoms with E-state index in [0.717, 1.165) is 6.42 Å². The molecule has 0 radical (unpaired) electrons. The highest BCUT2D eigenvalue weighted by Gasteiger charge is 2.56. The van der Waals surface area contributed by atoms with Crippen LogP contribution in [0.15, 0.2) is 0 Å². The van der Waals surface area contributed by atoms with Crippen molar-refractivity contribution in [1.29, 1.82) is 0 Å². The molecule has 120 valence electrons. The normalized spacial score (nSPS) is 14.3. The Morgan fingerprint density at radius 2 is 1.75 bits per heavy atom. The maximum absolute atomic E-state index is 12.6. The summed E-state index contributed by atoms with van der Waals surface area (Å²) in [7, 11) is 0. The van der Waals surface area contributed by atoms with Crippen LogP contribution in [0.4, 0.5) is 22.0 Å². The van der Waals surface area contributed by atoms with Crippen LogP contribution < -0.4 is 0 Å². The molecule has 0 bridgehead atoms. The van der Waals surface area contributed by atoms with Crippen LogP contribution in [0, 0.1) is 0 Å². The van der Waals surface area contributed by atoms with Gasteiger partial charge in [-0.3, -0.25) is 4.79 Å². The van der Waals surface area contributed by atoms with Gasteiger partial charge in [0.1, 0.15) is 5.25 Å². The predicted molar refractivity (Wildman–Crippen MR) is 68.3 cm³/mol. The molecule has 1 N–H and O–H groups in total. The Bertz CT molecular complexity index is 294. The van der Waals surface area contributed by atoms with Gasteiger partial charge in [0.2, 0.25) is 0 Å². The van der Waals surface area contributed by atoms with Gasteiger partial charge in [-0.1, -0.05) is 19.8 Å². The monoisotopic (exact) mass is 322 g/mol. The van der Waals surface area contributed by atoms with Crippen LogP contribution in [-0.2, 0) is 4.79 Å². The predicted octanol–water partition coefficient (Wildman–Crippen LogP) is 4.73. The number of halogens is 5. The number of hydrogen-bond acceptors (Lipinski definition) is 2. The molecule has 1 atom stereocenters. The van der Waals surface area contributed by atoms with E-state index in [1.54, 1.807) is 0 Å². The number of carboxylic acids is 1. The number of unbranched alkanes of at least 4 members (excludes halogenated alkanes) is 2. The van der Waals surface area contributed by atoms with Crippen molar-refractivity contribution in [1.82, 2.24) is 0 Å². The van der Waals surface area contributed by atoms with Crippen molar-refractivity contribution in [3.8, 4) is 0 Å². The van der Waals surface area contributed by atoms with Gasteiger partial charge in [-0.25, -0.2) is 0 Å². The molecule has 20 heavy (non-hydrogen) atoms. The SMILES string of the molecule is CCCC(SCCCCCC(F)(F)C(F)(F)F)C(=O)O. The van der Waals surface area contributed by atoms with Crippen LogP contribution in [0.5, 0.6) is 0 Å². The molecule has 1 unspecified atom stereocenters. The molecule has 0 aromatic carbocycles. The van der Waals surface area contributed by atoms with Crippen LogP contribution in [0.1, 0.15) is 45.4 Å². The molecule has 0 aromatic rings. The van der Waals surface area contributed by atoms with E-state index < -0.39 is 29.7 Å². The second-order valence-corrected chi connectivity index (χ2v) is 5.81. The average molecular weight is 322 g/mol. The van der Waals surface area contributed by atoms with Crippen molar-refractivity contribution >= 4 is 17.7 Å². The van der Waals surface area contributed by atoms with Gasteiger partial charge >= 0.3 is 18.1 Å². The zero-order valence-electron chi connectivity index (χ0n) is 11.2. The van der Waals surface area contributed by atoms with Crippen molar-refractivity contribution in [3.63, 3.8) is 0 Å². The molecule has 0 aromatic heterocycles. The summed E-state index contributed by atoms with van der Waals surface area (Å²) < 4.78 is 60.7. The van der Waals surface area contributed by atoms with Gasteiger partial charge in [0.15, 0.2) is 0 Å². The zero-order valence-corrected chi connectivity index (χ0v) is 12.0. The van der Waals surface area contributed by atoms with E-state index in [2.05, 4.69) is 0 Å². The standard InChI is InChI=1S/C12H19F5O2S/c1-2-6-9(10(18)19)20-8-5-3-4-7-11(13,14)12(15,16)17/h9H,2-8H2,1H3,(H,18,19). The summed E-state index contributed by atoms with van der Waals surface area (Å²) in [4.78, 5) is 10.8. The van der Waals surface area contributed by atoms with Crippen molar-refractivity contribution in [2.45, 2.75) is 62.8 Å². The van der Waals surface area contributed by atoms with Gasteiger partial charge in [0.05, 0.1) is 0 Å². The molecule has 0 rings (SSSR count). The summed E-state index contributed by atoms with van der Waals surface area (Å²) in [6, 6.07) is 0. The van der Waals surface area contributed by atoms with Gasteiger partial charge in [-0.15, -0.1) is 11.8 Å². The van der Waals surface area contributed by atoms with Crippen LogP contribution in [0.25, 0.3) is 0 Å². The summed E-state index contributed by atoms with van der Waals surface area (Å²) in [5.74, 6) is -5.10. The Labute approximate surface area is 119 Å². The minimum Gasteiger partial charge on any atom is -0.480 e. The van der Waals surface area contributed by atoms with Crippen LogP contribution in [0.3, 0.4) is 0 Å². The summed E-state index contributed by atoms with van der Waals surface area (Å²) in [5, 5.41) is 8.33. The fourth-order valence-corrected chi connectivity index (χ4v) is 2.73. The van der Waals surface area contributed by atoms with E-state index in [1.807, 2.05) is 6.92 Å². The molecule has 0 saturated carbocycles. The maximum Gasteiger partial charge on any atom is 0.453 e. The largest absolute Gasteiger partial charge is 0.480 e. The van der Waals surface area contributed by atoms with Crippen molar-refractivity contribution in [2.24, 2.45) is 0 Å². The highest BCUT2D eigenvalue weighted by molar-refractivity contribution is 8.00. The minimum atomic E-state index is -5.49. The number of carboxylic acid groups (broad SMARTS) is 1. The van der Waals surface area contributed by atoms with Gasteiger partial charge in [0, 0.05) is 6.42 Å².